The molecule has 0 fully saturated rings. The van der Waals surface area contributed by atoms with Crippen LogP contribution < -0.4 is 9.47 Å². The van der Waals surface area contributed by atoms with Crippen LogP contribution in [-0.4, -0.2) is 18.1 Å². The van der Waals surface area contributed by atoms with Gasteiger partial charge in [-0.05, 0) is 71.0 Å². The van der Waals surface area contributed by atoms with Gasteiger partial charge in [0.25, 0.3) is 5.69 Å². The summed E-state index contributed by atoms with van der Waals surface area (Å²) in [5, 5.41) is 20.3. The third-order valence-corrected chi connectivity index (χ3v) is 4.30. The summed E-state index contributed by atoms with van der Waals surface area (Å²) in [6.45, 7) is 6.35. The first kappa shape index (κ1) is 20.5. The lowest BCUT2D eigenvalue weighted by Gasteiger charge is -2.14. The number of nitro benzene ring substituents is 1. The van der Waals surface area contributed by atoms with Crippen molar-refractivity contribution in [2.75, 3.05) is 13.2 Å². The topological polar surface area (TPSA) is 85.4 Å². The fourth-order valence-corrected chi connectivity index (χ4v) is 3.11. The minimum absolute atomic E-state index is 0.0204. The number of benzene rings is 2. The second kappa shape index (κ2) is 9.73. The highest BCUT2D eigenvalue weighted by molar-refractivity contribution is 14.1. The molecule has 0 heterocycles. The molecule has 0 N–H and O–H groups in total. The van der Waals surface area contributed by atoms with Crippen LogP contribution in [0.5, 0.6) is 11.5 Å². The van der Waals surface area contributed by atoms with Gasteiger partial charge in [-0.2, -0.15) is 5.26 Å². The Morgan fingerprint density at radius 1 is 1.33 bits per heavy atom. The summed E-state index contributed by atoms with van der Waals surface area (Å²) in [6.07, 6.45) is 3.37. The molecular formula is C20H17IN2O4. The number of ether oxygens (including phenoxy) is 2. The van der Waals surface area contributed by atoms with E-state index in [-0.39, 0.29) is 5.69 Å². The molecule has 0 spiro atoms. The van der Waals surface area contributed by atoms with Crippen LogP contribution in [0, 0.1) is 25.0 Å². The van der Waals surface area contributed by atoms with Gasteiger partial charge in [0.1, 0.15) is 6.61 Å². The summed E-state index contributed by atoms with van der Waals surface area (Å²) in [7, 11) is 0. The lowest BCUT2D eigenvalue weighted by molar-refractivity contribution is -0.384. The van der Waals surface area contributed by atoms with E-state index in [2.05, 4.69) is 35.2 Å². The number of nitro groups is 1. The molecule has 0 aliphatic heterocycles. The highest BCUT2D eigenvalue weighted by Crippen LogP contribution is 2.35. The van der Waals surface area contributed by atoms with Crippen LogP contribution in [0.3, 0.4) is 0 Å². The third-order valence-electron chi connectivity index (χ3n) is 3.50. The quantitative estimate of drug-likeness (QED) is 0.130. The smallest absolute Gasteiger partial charge is 0.269 e. The van der Waals surface area contributed by atoms with Gasteiger partial charge in [-0.3, -0.25) is 10.1 Å². The summed E-state index contributed by atoms with van der Waals surface area (Å²) in [4.78, 5) is 10.3. The Labute approximate surface area is 171 Å². The first-order valence-electron chi connectivity index (χ1n) is 8.06. The van der Waals surface area contributed by atoms with Gasteiger partial charge in [0.15, 0.2) is 11.5 Å². The Bertz CT molecular complexity index is 915. The monoisotopic (exact) mass is 476 g/mol. The summed E-state index contributed by atoms with van der Waals surface area (Å²) < 4.78 is 12.2. The zero-order valence-electron chi connectivity index (χ0n) is 14.6. The molecule has 27 heavy (non-hydrogen) atoms. The number of hydrogen-bond donors (Lipinski definition) is 0. The predicted molar refractivity (Wildman–Crippen MR) is 113 cm³/mol. The Morgan fingerprint density at radius 2 is 2.04 bits per heavy atom. The van der Waals surface area contributed by atoms with E-state index in [1.54, 1.807) is 30.4 Å². The summed E-state index contributed by atoms with van der Waals surface area (Å²) in [5.74, 6) is 1.21. The molecule has 7 heteroatoms. The van der Waals surface area contributed by atoms with Crippen LogP contribution >= 0.6 is 22.6 Å². The zero-order valence-corrected chi connectivity index (χ0v) is 16.8. The molecule has 0 saturated carbocycles. The fraction of sp³-hybridized carbons (Fsp3) is 0.150. The van der Waals surface area contributed by atoms with Crippen molar-refractivity contribution in [2.24, 2.45) is 0 Å². The number of nitrogens with zero attached hydrogens (tertiary/aromatic N) is 2. The summed E-state index contributed by atoms with van der Waals surface area (Å²) in [5.41, 5.74) is 1.74. The highest BCUT2D eigenvalue weighted by atomic mass is 127. The molecule has 0 bridgehead atoms. The molecule has 2 aromatic carbocycles. The Balaban J connectivity index is 2.44. The van der Waals surface area contributed by atoms with E-state index < -0.39 is 4.92 Å². The van der Waals surface area contributed by atoms with E-state index in [9.17, 15) is 15.4 Å². The van der Waals surface area contributed by atoms with E-state index in [1.807, 2.05) is 13.0 Å². The standard InChI is InChI=1S/C20H17IN2O4/c1-3-9-27-20-18(21)11-14(12-19(20)26-4-2)10-16(13-22)15-5-7-17(8-6-15)23(24)25/h3,5-8,10-12H,1,4,9H2,2H3. The summed E-state index contributed by atoms with van der Waals surface area (Å²) in [6, 6.07) is 11.7. The maximum Gasteiger partial charge on any atom is 0.269 e. The SMILES string of the molecule is C=CCOc1c(I)cc(C=C(C#N)c2ccc([N+](=O)[O-])cc2)cc1OCC. The van der Waals surface area contributed by atoms with Gasteiger partial charge < -0.3 is 9.47 Å². The van der Waals surface area contributed by atoms with Crippen LogP contribution in [0.15, 0.2) is 49.1 Å². The van der Waals surface area contributed by atoms with E-state index in [0.717, 1.165) is 9.13 Å². The molecule has 6 nitrogen and oxygen atoms in total. The van der Waals surface area contributed by atoms with Crippen molar-refractivity contribution in [1.82, 2.24) is 0 Å². The predicted octanol–water partition coefficient (Wildman–Crippen LogP) is 5.23. The highest BCUT2D eigenvalue weighted by Gasteiger charge is 2.13. The Hall–Kier alpha value is -2.86. The van der Waals surface area contributed by atoms with Crippen LogP contribution in [-0.2, 0) is 0 Å². The van der Waals surface area contributed by atoms with Gasteiger partial charge >= 0.3 is 0 Å². The molecule has 0 aromatic heterocycles. The van der Waals surface area contributed by atoms with Crippen LogP contribution in [0.4, 0.5) is 5.69 Å². The van der Waals surface area contributed by atoms with Crippen molar-refractivity contribution in [3.05, 3.63) is 73.9 Å². The maximum absolute atomic E-state index is 10.8. The van der Waals surface area contributed by atoms with Crippen molar-refractivity contribution in [2.45, 2.75) is 6.92 Å². The second-order valence-corrected chi connectivity index (χ2v) is 6.50. The fourth-order valence-electron chi connectivity index (χ4n) is 2.33. The number of hydrogen-bond acceptors (Lipinski definition) is 5. The number of rotatable bonds is 8. The van der Waals surface area contributed by atoms with Gasteiger partial charge in [0.2, 0.25) is 0 Å². The molecule has 0 saturated heterocycles. The van der Waals surface area contributed by atoms with E-state index in [1.165, 1.54) is 12.1 Å². The van der Waals surface area contributed by atoms with Crippen molar-refractivity contribution in [3.63, 3.8) is 0 Å². The van der Waals surface area contributed by atoms with E-state index >= 15 is 0 Å². The molecule has 0 unspecified atom stereocenters. The average molecular weight is 476 g/mol. The lowest BCUT2D eigenvalue weighted by atomic mass is 10.0. The third kappa shape index (κ3) is 5.31. The number of halogens is 1. The Kier molecular flexibility index (Phi) is 7.37. The van der Waals surface area contributed by atoms with Gasteiger partial charge in [-0.15, -0.1) is 0 Å². The van der Waals surface area contributed by atoms with Crippen LogP contribution in [0.1, 0.15) is 18.1 Å². The maximum atomic E-state index is 10.8. The number of non-ortho nitro benzene ring substituents is 1. The minimum Gasteiger partial charge on any atom is -0.490 e. The normalized spacial score (nSPS) is 10.8. The molecule has 0 atom stereocenters. The van der Waals surface area contributed by atoms with Gasteiger partial charge in [0, 0.05) is 12.1 Å². The molecule has 138 valence electrons. The lowest BCUT2D eigenvalue weighted by Crippen LogP contribution is -2.01. The van der Waals surface area contributed by atoms with Crippen LogP contribution in [0.25, 0.3) is 11.6 Å². The van der Waals surface area contributed by atoms with Gasteiger partial charge in [-0.25, -0.2) is 0 Å². The first-order valence-corrected chi connectivity index (χ1v) is 9.14. The first-order chi connectivity index (χ1) is 13.0. The molecule has 0 aliphatic carbocycles. The van der Waals surface area contributed by atoms with Crippen molar-refractivity contribution >= 4 is 39.9 Å². The minimum atomic E-state index is -0.474. The van der Waals surface area contributed by atoms with Crippen LogP contribution in [0.2, 0.25) is 0 Å². The molecule has 0 aliphatic rings. The molecule has 0 radical (unpaired) electrons. The van der Waals surface area contributed by atoms with E-state index in [4.69, 9.17) is 9.47 Å². The molecule has 2 rings (SSSR count). The number of nitriles is 1. The number of allylic oxidation sites excluding steroid dienone is 1. The van der Waals surface area contributed by atoms with E-state index in [0.29, 0.717) is 35.8 Å². The molecular weight excluding hydrogens is 459 g/mol. The van der Waals surface area contributed by atoms with Crippen molar-refractivity contribution < 1.29 is 14.4 Å². The molecule has 2 aromatic rings. The van der Waals surface area contributed by atoms with Gasteiger partial charge in [-0.1, -0.05) is 12.7 Å². The van der Waals surface area contributed by atoms with Crippen molar-refractivity contribution in [1.29, 1.82) is 5.26 Å². The zero-order chi connectivity index (χ0) is 19.8. The summed E-state index contributed by atoms with van der Waals surface area (Å²) >= 11 is 2.15. The second-order valence-electron chi connectivity index (χ2n) is 5.34. The molecule has 0 amide bonds. The van der Waals surface area contributed by atoms with Crippen molar-refractivity contribution in [3.8, 4) is 17.6 Å². The average Bonchev–Trinajstić information content (AvgIpc) is 2.66. The van der Waals surface area contributed by atoms with Gasteiger partial charge in [0.05, 0.1) is 26.7 Å². The Morgan fingerprint density at radius 3 is 2.59 bits per heavy atom. The largest absolute Gasteiger partial charge is 0.490 e.